The minimum Gasteiger partial charge on any atom is -0.422 e. The Hall–Kier alpha value is 0.710. The number of benzene rings is 1. The van der Waals surface area contributed by atoms with Gasteiger partial charge in [-0.2, -0.15) is 0 Å². The van der Waals surface area contributed by atoms with E-state index in [0.29, 0.717) is 14.7 Å². The highest BCUT2D eigenvalue weighted by Crippen LogP contribution is 2.36. The molecule has 0 amide bonds. The normalized spacial score (nSPS) is 10.5. The average molecular weight is 442 g/mol. The van der Waals surface area contributed by atoms with Crippen molar-refractivity contribution in [1.82, 2.24) is 0 Å². The van der Waals surface area contributed by atoms with Gasteiger partial charge in [0.05, 0.1) is 8.95 Å². The van der Waals surface area contributed by atoms with Gasteiger partial charge >= 0.3 is 5.97 Å². The molecule has 82 valence electrons. The molecule has 0 unspecified atom stereocenters. The van der Waals surface area contributed by atoms with Crippen LogP contribution in [0.5, 0.6) is 5.75 Å². The molecular formula is C8H3Br3Cl2O2. The quantitative estimate of drug-likeness (QED) is 0.378. The van der Waals surface area contributed by atoms with Gasteiger partial charge in [0.2, 0.25) is 4.84 Å². The van der Waals surface area contributed by atoms with Gasteiger partial charge in [-0.25, -0.2) is 4.79 Å². The first kappa shape index (κ1) is 13.8. The largest absolute Gasteiger partial charge is 0.422 e. The van der Waals surface area contributed by atoms with E-state index < -0.39 is 10.8 Å². The topological polar surface area (TPSA) is 26.3 Å². The number of carbonyl (C=O) groups excluding carboxylic acids is 1. The first-order valence-corrected chi connectivity index (χ1v) is 6.81. The smallest absolute Gasteiger partial charge is 0.344 e. The van der Waals surface area contributed by atoms with Crippen LogP contribution in [0.2, 0.25) is 0 Å². The predicted octanol–water partition coefficient (Wildman–Crippen LogP) is 4.68. The highest BCUT2D eigenvalue weighted by atomic mass is 79.9. The van der Waals surface area contributed by atoms with Crippen molar-refractivity contribution < 1.29 is 9.53 Å². The van der Waals surface area contributed by atoms with E-state index in [1.165, 1.54) is 0 Å². The van der Waals surface area contributed by atoms with Crippen LogP contribution in [0.15, 0.2) is 25.6 Å². The van der Waals surface area contributed by atoms with E-state index >= 15 is 0 Å². The molecule has 0 fully saturated rings. The van der Waals surface area contributed by atoms with Crippen LogP contribution in [0.1, 0.15) is 0 Å². The summed E-state index contributed by atoms with van der Waals surface area (Å²) in [7, 11) is 0. The van der Waals surface area contributed by atoms with E-state index in [2.05, 4.69) is 47.8 Å². The Labute approximate surface area is 122 Å². The van der Waals surface area contributed by atoms with Gasteiger partial charge in [0, 0.05) is 4.47 Å². The second-order valence-corrected chi connectivity index (χ2v) is 6.14. The molecule has 0 aromatic heterocycles. The zero-order valence-electron chi connectivity index (χ0n) is 6.94. The summed E-state index contributed by atoms with van der Waals surface area (Å²) in [5.74, 6) is -0.378. The van der Waals surface area contributed by atoms with Crippen LogP contribution in [0.4, 0.5) is 0 Å². The fourth-order valence-corrected chi connectivity index (χ4v) is 3.28. The molecule has 1 aromatic carbocycles. The summed E-state index contributed by atoms with van der Waals surface area (Å²) in [6, 6.07) is 3.48. The number of alkyl halides is 2. The molecule has 0 aliphatic rings. The van der Waals surface area contributed by atoms with E-state index in [4.69, 9.17) is 27.9 Å². The van der Waals surface area contributed by atoms with Crippen LogP contribution >= 0.6 is 71.0 Å². The van der Waals surface area contributed by atoms with Crippen molar-refractivity contribution >= 4 is 77.0 Å². The van der Waals surface area contributed by atoms with Gasteiger partial charge in [-0.1, -0.05) is 39.1 Å². The van der Waals surface area contributed by atoms with E-state index in [1.54, 1.807) is 12.1 Å². The molecular weight excluding hydrogens is 439 g/mol. The predicted molar refractivity (Wildman–Crippen MR) is 70.7 cm³/mol. The van der Waals surface area contributed by atoms with Gasteiger partial charge in [-0.15, -0.1) is 0 Å². The second kappa shape index (κ2) is 5.87. The number of esters is 1. The third kappa shape index (κ3) is 3.89. The average Bonchev–Trinajstić information content (AvgIpc) is 2.10. The third-order valence-electron chi connectivity index (χ3n) is 1.34. The van der Waals surface area contributed by atoms with Crippen LogP contribution < -0.4 is 4.74 Å². The Morgan fingerprint density at radius 2 is 1.67 bits per heavy atom. The van der Waals surface area contributed by atoms with Crippen molar-refractivity contribution in [3.8, 4) is 5.75 Å². The molecule has 0 atom stereocenters. The van der Waals surface area contributed by atoms with Crippen molar-refractivity contribution in [3.05, 3.63) is 25.6 Å². The lowest BCUT2D eigenvalue weighted by molar-refractivity contribution is -0.132. The van der Waals surface area contributed by atoms with Crippen molar-refractivity contribution in [3.63, 3.8) is 0 Å². The molecule has 0 bridgehead atoms. The highest BCUT2D eigenvalue weighted by molar-refractivity contribution is 9.11. The molecule has 0 N–H and O–H groups in total. The Morgan fingerprint density at radius 1 is 1.20 bits per heavy atom. The number of ether oxygens (including phenoxy) is 1. The first-order valence-electron chi connectivity index (χ1n) is 3.56. The number of rotatable bonds is 2. The van der Waals surface area contributed by atoms with Crippen molar-refractivity contribution in [2.45, 2.75) is 4.84 Å². The van der Waals surface area contributed by atoms with Gasteiger partial charge in [0.1, 0.15) is 0 Å². The van der Waals surface area contributed by atoms with E-state index in [0.717, 1.165) is 4.47 Å². The summed E-state index contributed by atoms with van der Waals surface area (Å²) in [4.78, 5) is 9.96. The Kier molecular flexibility index (Phi) is 5.39. The Balaban J connectivity index is 3.00. The lowest BCUT2D eigenvalue weighted by Gasteiger charge is -2.09. The van der Waals surface area contributed by atoms with Crippen LogP contribution in [0.25, 0.3) is 0 Å². The van der Waals surface area contributed by atoms with Gasteiger partial charge in [-0.05, 0) is 44.0 Å². The van der Waals surface area contributed by atoms with E-state index in [-0.39, 0.29) is 0 Å². The lowest BCUT2D eigenvalue weighted by atomic mass is 10.3. The summed E-state index contributed by atoms with van der Waals surface area (Å²) in [5, 5.41) is 0. The second-order valence-electron chi connectivity index (χ2n) is 2.42. The third-order valence-corrected chi connectivity index (χ3v) is 3.34. The molecule has 0 spiro atoms. The molecule has 2 nitrogen and oxygen atoms in total. The van der Waals surface area contributed by atoms with Gasteiger partial charge in [0.25, 0.3) is 0 Å². The van der Waals surface area contributed by atoms with Gasteiger partial charge in [-0.3, -0.25) is 0 Å². The molecule has 0 radical (unpaired) electrons. The lowest BCUT2D eigenvalue weighted by Crippen LogP contribution is -2.16. The Morgan fingerprint density at radius 3 is 2.07 bits per heavy atom. The minimum absolute atomic E-state index is 0.342. The molecule has 0 saturated carbocycles. The first-order chi connectivity index (χ1) is 6.91. The van der Waals surface area contributed by atoms with Crippen LogP contribution in [-0.4, -0.2) is 10.8 Å². The molecule has 1 rings (SSSR count). The maximum atomic E-state index is 11.2. The van der Waals surface area contributed by atoms with E-state index in [9.17, 15) is 4.79 Å². The van der Waals surface area contributed by atoms with Crippen LogP contribution in [0, 0.1) is 0 Å². The van der Waals surface area contributed by atoms with Crippen molar-refractivity contribution in [2.75, 3.05) is 0 Å². The number of hydrogen-bond donors (Lipinski definition) is 0. The van der Waals surface area contributed by atoms with E-state index in [1.807, 2.05) is 0 Å². The summed E-state index contributed by atoms with van der Waals surface area (Å²) < 4.78 is 7.05. The summed E-state index contributed by atoms with van der Waals surface area (Å²) >= 11 is 20.5. The standard InChI is InChI=1S/C8H3Br3Cl2O2/c9-3-1-4(10)6(5(11)2-3)15-8(14)7(12)13/h1-2,7H. The SMILES string of the molecule is O=C(Oc1c(Br)cc(Br)cc1Br)C(Cl)Cl. The van der Waals surface area contributed by atoms with Crippen LogP contribution in [-0.2, 0) is 4.79 Å². The maximum Gasteiger partial charge on any atom is 0.344 e. The maximum absolute atomic E-state index is 11.2. The van der Waals surface area contributed by atoms with Crippen molar-refractivity contribution in [2.24, 2.45) is 0 Å². The molecule has 0 saturated heterocycles. The van der Waals surface area contributed by atoms with Gasteiger partial charge in [0.15, 0.2) is 5.75 Å². The number of halogens is 5. The molecule has 1 aromatic rings. The summed E-state index contributed by atoms with van der Waals surface area (Å²) in [6.07, 6.45) is 0. The Bertz CT molecular complexity index is 372. The zero-order chi connectivity index (χ0) is 11.6. The summed E-state index contributed by atoms with van der Waals surface area (Å²) in [5.41, 5.74) is 0. The van der Waals surface area contributed by atoms with Crippen molar-refractivity contribution in [1.29, 1.82) is 0 Å². The number of carbonyl (C=O) groups is 1. The van der Waals surface area contributed by atoms with Crippen LogP contribution in [0.3, 0.4) is 0 Å². The monoisotopic (exact) mass is 438 g/mol. The molecule has 0 heterocycles. The summed E-state index contributed by atoms with van der Waals surface area (Å²) in [6.45, 7) is 0. The van der Waals surface area contributed by atoms with Gasteiger partial charge < -0.3 is 4.74 Å². The molecule has 15 heavy (non-hydrogen) atoms. The number of hydrogen-bond acceptors (Lipinski definition) is 2. The minimum atomic E-state index is -1.20. The molecule has 0 aliphatic carbocycles. The fourth-order valence-electron chi connectivity index (χ4n) is 0.772. The highest BCUT2D eigenvalue weighted by Gasteiger charge is 2.18. The fraction of sp³-hybridized carbons (Fsp3) is 0.125. The molecule has 7 heteroatoms. The zero-order valence-corrected chi connectivity index (χ0v) is 13.2. The molecule has 0 aliphatic heterocycles.